The highest BCUT2D eigenvalue weighted by Crippen LogP contribution is 2.22. The van der Waals surface area contributed by atoms with Gasteiger partial charge in [-0.05, 0) is 55.0 Å². The molecular weight excluding hydrogens is 308 g/mol. The average Bonchev–Trinajstić information content (AvgIpc) is 2.38. The molecule has 0 saturated heterocycles. The fourth-order valence-corrected chi connectivity index (χ4v) is 1.93. The summed E-state index contributed by atoms with van der Waals surface area (Å²) >= 11 is 3.38. The highest BCUT2D eigenvalue weighted by molar-refractivity contribution is 9.10. The van der Waals surface area contributed by atoms with Crippen molar-refractivity contribution in [3.8, 4) is 5.75 Å². The van der Waals surface area contributed by atoms with E-state index < -0.39 is 0 Å². The maximum absolute atomic E-state index is 12.1. The Morgan fingerprint density at radius 1 is 1.47 bits per heavy atom. The number of amides is 1. The molecular formula is C14H21BrN2O2. The van der Waals surface area contributed by atoms with Crippen LogP contribution in [0, 0.1) is 0 Å². The van der Waals surface area contributed by atoms with Crippen molar-refractivity contribution in [2.24, 2.45) is 0 Å². The Labute approximate surface area is 123 Å². The molecule has 1 rings (SSSR count). The van der Waals surface area contributed by atoms with E-state index in [4.69, 9.17) is 4.74 Å². The Kier molecular flexibility index (Phi) is 6.31. The minimum Gasteiger partial charge on any atom is -0.497 e. The summed E-state index contributed by atoms with van der Waals surface area (Å²) in [6.07, 6.45) is 0. The number of nitrogens with zero attached hydrogens (tertiary/aromatic N) is 1. The molecule has 0 aliphatic carbocycles. The standard InChI is InChI=1S/C14H21BrN2O2/c1-10(2)17(3)8-7-16-14(18)12-9-11(19-4)5-6-13(12)15/h5-6,9-10H,7-8H2,1-4H3,(H,16,18). The quantitative estimate of drug-likeness (QED) is 0.872. The van der Waals surface area contributed by atoms with Crippen LogP contribution in [0.3, 0.4) is 0 Å². The predicted molar refractivity (Wildman–Crippen MR) is 80.8 cm³/mol. The molecule has 4 nitrogen and oxygen atoms in total. The van der Waals surface area contributed by atoms with E-state index in [2.05, 4.69) is 40.0 Å². The number of methoxy groups -OCH3 is 1. The van der Waals surface area contributed by atoms with Gasteiger partial charge in [0, 0.05) is 23.6 Å². The molecule has 5 heteroatoms. The SMILES string of the molecule is COc1ccc(Br)c(C(=O)NCCN(C)C(C)C)c1. The molecule has 0 aliphatic heterocycles. The summed E-state index contributed by atoms with van der Waals surface area (Å²) in [5.74, 6) is 0.579. The van der Waals surface area contributed by atoms with Gasteiger partial charge < -0.3 is 15.0 Å². The van der Waals surface area contributed by atoms with E-state index in [1.165, 1.54) is 0 Å². The molecule has 0 saturated carbocycles. The topological polar surface area (TPSA) is 41.6 Å². The van der Waals surface area contributed by atoms with Crippen LogP contribution in [-0.4, -0.2) is 44.1 Å². The number of likely N-dealkylation sites (N-methyl/N-ethyl adjacent to an activating group) is 1. The minimum atomic E-state index is -0.0945. The predicted octanol–water partition coefficient (Wildman–Crippen LogP) is 2.53. The molecule has 19 heavy (non-hydrogen) atoms. The number of ether oxygens (including phenoxy) is 1. The maximum atomic E-state index is 12.1. The average molecular weight is 329 g/mol. The Morgan fingerprint density at radius 3 is 2.74 bits per heavy atom. The van der Waals surface area contributed by atoms with E-state index in [1.807, 2.05) is 19.2 Å². The van der Waals surface area contributed by atoms with Gasteiger partial charge in [0.2, 0.25) is 0 Å². The third kappa shape index (κ3) is 4.84. The molecule has 0 spiro atoms. The van der Waals surface area contributed by atoms with Crippen molar-refractivity contribution in [3.63, 3.8) is 0 Å². The van der Waals surface area contributed by atoms with Crippen molar-refractivity contribution in [2.75, 3.05) is 27.2 Å². The molecule has 0 aromatic heterocycles. The number of nitrogens with one attached hydrogen (secondary N) is 1. The van der Waals surface area contributed by atoms with Crippen molar-refractivity contribution in [1.82, 2.24) is 10.2 Å². The fourth-order valence-electron chi connectivity index (χ4n) is 1.50. The molecule has 0 unspecified atom stereocenters. The second-order valence-corrected chi connectivity index (χ2v) is 5.53. The number of carbonyl (C=O) groups excluding carboxylic acids is 1. The Morgan fingerprint density at radius 2 is 2.16 bits per heavy atom. The zero-order valence-electron chi connectivity index (χ0n) is 11.9. The van der Waals surface area contributed by atoms with Gasteiger partial charge in [0.15, 0.2) is 0 Å². The maximum Gasteiger partial charge on any atom is 0.252 e. The van der Waals surface area contributed by atoms with Gasteiger partial charge in [-0.25, -0.2) is 0 Å². The molecule has 106 valence electrons. The smallest absolute Gasteiger partial charge is 0.252 e. The molecule has 0 aliphatic rings. The third-order valence-corrected chi connectivity index (χ3v) is 3.74. The number of halogens is 1. The van der Waals surface area contributed by atoms with Crippen molar-refractivity contribution < 1.29 is 9.53 Å². The van der Waals surface area contributed by atoms with Crippen LogP contribution in [0.4, 0.5) is 0 Å². The van der Waals surface area contributed by atoms with E-state index >= 15 is 0 Å². The Hall–Kier alpha value is -1.07. The zero-order valence-corrected chi connectivity index (χ0v) is 13.5. The van der Waals surface area contributed by atoms with Gasteiger partial charge in [0.1, 0.15) is 5.75 Å². The number of hydrogen-bond acceptors (Lipinski definition) is 3. The largest absolute Gasteiger partial charge is 0.497 e. The molecule has 0 bridgehead atoms. The summed E-state index contributed by atoms with van der Waals surface area (Å²) < 4.78 is 5.89. The van der Waals surface area contributed by atoms with Gasteiger partial charge in [-0.3, -0.25) is 4.79 Å². The lowest BCUT2D eigenvalue weighted by atomic mass is 10.2. The third-order valence-electron chi connectivity index (χ3n) is 3.05. The summed E-state index contributed by atoms with van der Waals surface area (Å²) in [7, 11) is 3.63. The molecule has 0 fully saturated rings. The van der Waals surface area contributed by atoms with Gasteiger partial charge in [-0.1, -0.05) is 0 Å². The summed E-state index contributed by atoms with van der Waals surface area (Å²) in [5.41, 5.74) is 0.589. The second kappa shape index (κ2) is 7.50. The normalized spacial score (nSPS) is 10.9. The number of carbonyl (C=O) groups is 1. The van der Waals surface area contributed by atoms with Gasteiger partial charge in [0.25, 0.3) is 5.91 Å². The summed E-state index contributed by atoms with van der Waals surface area (Å²) in [6.45, 7) is 5.70. The van der Waals surface area contributed by atoms with E-state index in [-0.39, 0.29) is 5.91 Å². The highest BCUT2D eigenvalue weighted by Gasteiger charge is 2.11. The first kappa shape index (κ1) is 16.0. The van der Waals surface area contributed by atoms with E-state index in [0.717, 1.165) is 11.0 Å². The molecule has 1 aromatic carbocycles. The lowest BCUT2D eigenvalue weighted by Gasteiger charge is -2.21. The van der Waals surface area contributed by atoms with Crippen LogP contribution >= 0.6 is 15.9 Å². The number of benzene rings is 1. The lowest BCUT2D eigenvalue weighted by Crippen LogP contribution is -2.36. The van der Waals surface area contributed by atoms with Crippen molar-refractivity contribution in [1.29, 1.82) is 0 Å². The second-order valence-electron chi connectivity index (χ2n) is 4.68. The highest BCUT2D eigenvalue weighted by atomic mass is 79.9. The first-order chi connectivity index (χ1) is 8.95. The molecule has 1 amide bonds. The summed E-state index contributed by atoms with van der Waals surface area (Å²) in [5, 5.41) is 2.91. The molecule has 1 N–H and O–H groups in total. The summed E-state index contributed by atoms with van der Waals surface area (Å²) in [4.78, 5) is 14.3. The molecule has 0 heterocycles. The van der Waals surface area contributed by atoms with Crippen molar-refractivity contribution in [2.45, 2.75) is 19.9 Å². The van der Waals surface area contributed by atoms with E-state index in [0.29, 0.717) is 23.9 Å². The number of hydrogen-bond donors (Lipinski definition) is 1. The molecule has 0 radical (unpaired) electrons. The van der Waals surface area contributed by atoms with Gasteiger partial charge in [-0.2, -0.15) is 0 Å². The lowest BCUT2D eigenvalue weighted by molar-refractivity contribution is 0.0947. The first-order valence-corrected chi connectivity index (χ1v) is 7.07. The van der Waals surface area contributed by atoms with Crippen LogP contribution in [0.15, 0.2) is 22.7 Å². The first-order valence-electron chi connectivity index (χ1n) is 6.27. The van der Waals surface area contributed by atoms with E-state index in [1.54, 1.807) is 13.2 Å². The van der Waals surface area contributed by atoms with Crippen molar-refractivity contribution >= 4 is 21.8 Å². The summed E-state index contributed by atoms with van der Waals surface area (Å²) in [6, 6.07) is 5.83. The van der Waals surface area contributed by atoms with E-state index in [9.17, 15) is 4.79 Å². The van der Waals surface area contributed by atoms with Crippen LogP contribution in [0.2, 0.25) is 0 Å². The molecule has 0 atom stereocenters. The van der Waals surface area contributed by atoms with Crippen LogP contribution in [0.25, 0.3) is 0 Å². The van der Waals surface area contributed by atoms with Crippen LogP contribution in [0.1, 0.15) is 24.2 Å². The monoisotopic (exact) mass is 328 g/mol. The van der Waals surface area contributed by atoms with Gasteiger partial charge in [-0.15, -0.1) is 0 Å². The fraction of sp³-hybridized carbons (Fsp3) is 0.500. The van der Waals surface area contributed by atoms with Crippen molar-refractivity contribution in [3.05, 3.63) is 28.2 Å². The van der Waals surface area contributed by atoms with Gasteiger partial charge >= 0.3 is 0 Å². The Bertz CT molecular complexity index is 435. The van der Waals surface area contributed by atoms with Crippen LogP contribution in [0.5, 0.6) is 5.75 Å². The molecule has 1 aromatic rings. The number of rotatable bonds is 6. The van der Waals surface area contributed by atoms with Gasteiger partial charge in [0.05, 0.1) is 12.7 Å². The van der Waals surface area contributed by atoms with Crippen LogP contribution < -0.4 is 10.1 Å². The minimum absolute atomic E-state index is 0.0945. The Balaban J connectivity index is 2.58. The zero-order chi connectivity index (χ0) is 14.4. The van der Waals surface area contributed by atoms with Crippen LogP contribution in [-0.2, 0) is 0 Å².